The first-order valence-corrected chi connectivity index (χ1v) is 6.90. The van der Waals surface area contributed by atoms with E-state index in [4.69, 9.17) is 0 Å². The minimum Gasteiger partial charge on any atom is -0.362 e. The molecule has 4 fully saturated rings. The highest BCUT2D eigenvalue weighted by Crippen LogP contribution is 2.79. The van der Waals surface area contributed by atoms with Crippen LogP contribution >= 0.6 is 0 Å². The standard InChI is InChI=1S/C14H19NO3/c1-6(16)15-12(17)14(15,18)11-9-7-4-5-8(10(9)11)13(7,2)3/h7-11,18H,4-5H2,1-3H3. The summed E-state index contributed by atoms with van der Waals surface area (Å²) in [6, 6.07) is 0. The second-order valence-electron chi connectivity index (χ2n) is 7.18. The third kappa shape index (κ3) is 0.889. The van der Waals surface area contributed by atoms with Gasteiger partial charge in [-0.2, -0.15) is 0 Å². The van der Waals surface area contributed by atoms with Gasteiger partial charge in [0.05, 0.1) is 0 Å². The van der Waals surface area contributed by atoms with E-state index < -0.39 is 5.72 Å². The van der Waals surface area contributed by atoms with Crippen LogP contribution in [0.2, 0.25) is 0 Å². The summed E-state index contributed by atoms with van der Waals surface area (Å²) >= 11 is 0. The van der Waals surface area contributed by atoms with E-state index in [1.165, 1.54) is 19.8 Å². The molecule has 1 aliphatic heterocycles. The largest absolute Gasteiger partial charge is 0.362 e. The van der Waals surface area contributed by atoms with E-state index >= 15 is 0 Å². The Balaban J connectivity index is 1.63. The molecule has 0 aromatic carbocycles. The number of imide groups is 1. The van der Waals surface area contributed by atoms with E-state index in [2.05, 4.69) is 13.8 Å². The van der Waals surface area contributed by atoms with Gasteiger partial charge in [0.25, 0.3) is 5.91 Å². The zero-order valence-corrected chi connectivity index (χ0v) is 11.0. The van der Waals surface area contributed by atoms with Crippen molar-refractivity contribution in [2.75, 3.05) is 0 Å². The van der Waals surface area contributed by atoms with Crippen LogP contribution in [0.25, 0.3) is 0 Å². The lowest BCUT2D eigenvalue weighted by atomic mass is 9.75. The summed E-state index contributed by atoms with van der Waals surface area (Å²) in [4.78, 5) is 24.1. The fourth-order valence-electron chi connectivity index (χ4n) is 5.59. The zero-order chi connectivity index (χ0) is 13.0. The number of aliphatic hydroxyl groups is 1. The van der Waals surface area contributed by atoms with E-state index in [1.807, 2.05) is 0 Å². The van der Waals surface area contributed by atoms with E-state index in [0.29, 0.717) is 29.1 Å². The summed E-state index contributed by atoms with van der Waals surface area (Å²) in [7, 11) is 0. The van der Waals surface area contributed by atoms with Crippen LogP contribution in [0.5, 0.6) is 0 Å². The minimum atomic E-state index is -1.43. The van der Waals surface area contributed by atoms with E-state index in [9.17, 15) is 14.7 Å². The van der Waals surface area contributed by atoms with Gasteiger partial charge >= 0.3 is 0 Å². The summed E-state index contributed by atoms with van der Waals surface area (Å²) < 4.78 is 0. The van der Waals surface area contributed by atoms with Crippen LogP contribution < -0.4 is 0 Å². The zero-order valence-electron chi connectivity index (χ0n) is 11.0. The molecule has 3 saturated carbocycles. The fourth-order valence-corrected chi connectivity index (χ4v) is 5.59. The Morgan fingerprint density at radius 2 is 1.78 bits per heavy atom. The van der Waals surface area contributed by atoms with Crippen molar-refractivity contribution in [2.45, 2.75) is 39.3 Å². The highest BCUT2D eigenvalue weighted by Gasteiger charge is 2.84. The average Bonchev–Trinajstić information content (AvgIpc) is 3.07. The van der Waals surface area contributed by atoms with Crippen LogP contribution in [0.3, 0.4) is 0 Å². The lowest BCUT2D eigenvalue weighted by molar-refractivity contribution is -0.129. The van der Waals surface area contributed by atoms with E-state index in [0.717, 1.165) is 4.90 Å². The number of carbonyl (C=O) groups is 2. The van der Waals surface area contributed by atoms with Gasteiger partial charge in [0.1, 0.15) is 0 Å². The second kappa shape index (κ2) is 2.67. The van der Waals surface area contributed by atoms with Crippen molar-refractivity contribution in [1.29, 1.82) is 0 Å². The monoisotopic (exact) mass is 249 g/mol. The molecule has 4 aliphatic rings. The van der Waals surface area contributed by atoms with Gasteiger partial charge in [0.15, 0.2) is 0 Å². The lowest BCUT2D eigenvalue weighted by Gasteiger charge is -2.30. The highest BCUT2D eigenvalue weighted by molar-refractivity contribution is 6.13. The van der Waals surface area contributed by atoms with Crippen molar-refractivity contribution in [2.24, 2.45) is 35.0 Å². The predicted molar refractivity (Wildman–Crippen MR) is 62.9 cm³/mol. The number of rotatable bonds is 1. The number of hydrogen-bond donors (Lipinski definition) is 1. The smallest absolute Gasteiger partial charge is 0.286 e. The van der Waals surface area contributed by atoms with Gasteiger partial charge in [-0.3, -0.25) is 9.59 Å². The predicted octanol–water partition coefficient (Wildman–Crippen LogP) is 0.992. The highest BCUT2D eigenvalue weighted by atomic mass is 16.4. The van der Waals surface area contributed by atoms with Crippen molar-refractivity contribution in [3.8, 4) is 0 Å². The molecular formula is C14H19NO3. The molecule has 1 saturated heterocycles. The van der Waals surface area contributed by atoms with Crippen LogP contribution in [-0.4, -0.2) is 27.5 Å². The van der Waals surface area contributed by atoms with Gasteiger partial charge in [-0.1, -0.05) is 13.8 Å². The number of hydrogen-bond acceptors (Lipinski definition) is 3. The first kappa shape index (κ1) is 11.0. The maximum Gasteiger partial charge on any atom is 0.286 e. The first-order chi connectivity index (χ1) is 8.33. The van der Waals surface area contributed by atoms with E-state index in [-0.39, 0.29) is 17.7 Å². The molecule has 5 unspecified atom stereocenters. The van der Waals surface area contributed by atoms with Crippen molar-refractivity contribution in [1.82, 2.24) is 4.90 Å². The quantitative estimate of drug-likeness (QED) is 0.705. The second-order valence-corrected chi connectivity index (χ2v) is 7.18. The van der Waals surface area contributed by atoms with E-state index in [1.54, 1.807) is 0 Å². The Kier molecular flexibility index (Phi) is 1.63. The molecule has 4 nitrogen and oxygen atoms in total. The Bertz CT molecular complexity index is 465. The van der Waals surface area contributed by atoms with Gasteiger partial charge in [-0.15, -0.1) is 0 Å². The third-order valence-electron chi connectivity index (χ3n) is 6.35. The molecule has 4 heteroatoms. The molecule has 1 heterocycles. The summed E-state index contributed by atoms with van der Waals surface area (Å²) in [5.41, 5.74) is -1.07. The molecule has 2 amide bonds. The molecule has 18 heavy (non-hydrogen) atoms. The van der Waals surface area contributed by atoms with Crippen LogP contribution in [0.4, 0.5) is 0 Å². The SMILES string of the molecule is CC(=O)N1C(=O)C1(O)C1C2C1C1CCC2C1(C)C. The van der Waals surface area contributed by atoms with Crippen LogP contribution in [0, 0.1) is 35.0 Å². The van der Waals surface area contributed by atoms with Crippen molar-refractivity contribution in [3.05, 3.63) is 0 Å². The van der Waals surface area contributed by atoms with Crippen LogP contribution in [0.15, 0.2) is 0 Å². The molecule has 4 rings (SSSR count). The summed E-state index contributed by atoms with van der Waals surface area (Å²) in [6.07, 6.45) is 2.44. The molecule has 1 N–H and O–H groups in total. The Morgan fingerprint density at radius 3 is 2.17 bits per heavy atom. The molecule has 98 valence electrons. The normalized spacial score (nSPS) is 54.6. The van der Waals surface area contributed by atoms with Crippen LogP contribution in [0.1, 0.15) is 33.6 Å². The number of amides is 2. The van der Waals surface area contributed by atoms with Crippen molar-refractivity contribution < 1.29 is 14.7 Å². The number of carbonyl (C=O) groups excluding carboxylic acids is 2. The number of fused-ring (bicyclic) bond motifs is 5. The number of nitrogens with zero attached hydrogens (tertiary/aromatic N) is 1. The Labute approximate surface area is 106 Å². The van der Waals surface area contributed by atoms with Gasteiger partial charge in [-0.25, -0.2) is 4.90 Å². The summed E-state index contributed by atoms with van der Waals surface area (Å²) in [6.45, 7) is 5.99. The van der Waals surface area contributed by atoms with Crippen molar-refractivity contribution in [3.63, 3.8) is 0 Å². The molecule has 3 aliphatic carbocycles. The van der Waals surface area contributed by atoms with Gasteiger partial charge in [0, 0.05) is 12.8 Å². The lowest BCUT2D eigenvalue weighted by Crippen LogP contribution is -2.32. The minimum absolute atomic E-state index is 0.0272. The van der Waals surface area contributed by atoms with Gasteiger partial charge in [0.2, 0.25) is 11.6 Å². The van der Waals surface area contributed by atoms with Crippen molar-refractivity contribution >= 4 is 11.8 Å². The van der Waals surface area contributed by atoms with Gasteiger partial charge in [-0.05, 0) is 41.9 Å². The third-order valence-corrected chi connectivity index (χ3v) is 6.35. The molecule has 0 aromatic rings. The maximum atomic E-state index is 11.7. The molecule has 0 radical (unpaired) electrons. The topological polar surface area (TPSA) is 57.4 Å². The fraction of sp³-hybridized carbons (Fsp3) is 0.857. The Morgan fingerprint density at radius 1 is 1.28 bits per heavy atom. The van der Waals surface area contributed by atoms with Crippen LogP contribution in [-0.2, 0) is 9.59 Å². The average molecular weight is 249 g/mol. The molecular weight excluding hydrogens is 230 g/mol. The molecule has 2 bridgehead atoms. The molecule has 5 atom stereocenters. The Hall–Kier alpha value is -0.900. The summed E-state index contributed by atoms with van der Waals surface area (Å²) in [5.74, 6) is 1.53. The maximum absolute atomic E-state index is 11.7. The van der Waals surface area contributed by atoms with Gasteiger partial charge < -0.3 is 5.11 Å². The molecule has 0 spiro atoms. The first-order valence-electron chi connectivity index (χ1n) is 6.90. The summed E-state index contributed by atoms with van der Waals surface area (Å²) in [5, 5.41) is 10.5. The molecule has 0 aromatic heterocycles.